The van der Waals surface area contributed by atoms with Crippen molar-refractivity contribution in [2.75, 3.05) is 18.4 Å². The van der Waals surface area contributed by atoms with Crippen LogP contribution < -0.4 is 15.8 Å². The third-order valence-electron chi connectivity index (χ3n) is 3.82. The fourth-order valence-corrected chi connectivity index (χ4v) is 3.47. The number of rotatable bonds is 5. The van der Waals surface area contributed by atoms with Gasteiger partial charge in [0.15, 0.2) is 5.13 Å². The fraction of sp³-hybridized carbons (Fsp3) is 0.400. The Morgan fingerprint density at radius 1 is 1.42 bits per heavy atom. The summed E-state index contributed by atoms with van der Waals surface area (Å²) in [5.74, 6) is -0.923. The highest BCUT2D eigenvalue weighted by molar-refractivity contribution is 7.22. The molecular formula is C15H15F3N4O3S. The van der Waals surface area contributed by atoms with E-state index in [0.717, 1.165) is 17.4 Å². The summed E-state index contributed by atoms with van der Waals surface area (Å²) in [6.45, 7) is 0.707. The van der Waals surface area contributed by atoms with Gasteiger partial charge in [-0.25, -0.2) is 4.98 Å². The summed E-state index contributed by atoms with van der Waals surface area (Å²) < 4.78 is 41.1. The number of nitrogens with two attached hydrogens (primary N) is 1. The molecule has 0 bridgehead atoms. The number of nitrogens with one attached hydrogen (secondary N) is 1. The number of likely N-dealkylation sites (tertiary alicyclic amines) is 1. The Kier molecular flexibility index (Phi) is 5.01. The van der Waals surface area contributed by atoms with Gasteiger partial charge in [0.25, 0.3) is 0 Å². The van der Waals surface area contributed by atoms with Crippen molar-refractivity contribution in [1.82, 2.24) is 9.88 Å². The normalized spacial score (nSPS) is 17.1. The summed E-state index contributed by atoms with van der Waals surface area (Å²) in [6.07, 6.45) is -4.07. The standard InChI is InChI=1S/C15H15F3N4O3S/c16-15(17,18)25-8-1-2-9-11(7-8)26-14(20-9)21-13(24)10-4-6-22(10)12(23)3-5-19/h1-2,7,10H,3-6,19H2,(H,20,21,24). The maximum atomic E-state index is 12.3. The monoisotopic (exact) mass is 388 g/mol. The maximum absolute atomic E-state index is 12.3. The summed E-state index contributed by atoms with van der Waals surface area (Å²) >= 11 is 1.02. The quantitative estimate of drug-likeness (QED) is 0.817. The number of fused-ring (bicyclic) bond motifs is 1. The molecule has 26 heavy (non-hydrogen) atoms. The Morgan fingerprint density at radius 2 is 2.19 bits per heavy atom. The highest BCUT2D eigenvalue weighted by atomic mass is 32.1. The van der Waals surface area contributed by atoms with E-state index < -0.39 is 12.4 Å². The van der Waals surface area contributed by atoms with E-state index in [9.17, 15) is 22.8 Å². The minimum atomic E-state index is -4.78. The molecule has 1 saturated heterocycles. The van der Waals surface area contributed by atoms with Crippen LogP contribution in [0.15, 0.2) is 18.2 Å². The molecule has 1 aliphatic heterocycles. The molecule has 0 radical (unpaired) electrons. The first-order valence-electron chi connectivity index (χ1n) is 7.73. The van der Waals surface area contributed by atoms with Gasteiger partial charge in [0.2, 0.25) is 11.8 Å². The second-order valence-corrected chi connectivity index (χ2v) is 6.65. The molecule has 3 rings (SSSR count). The lowest BCUT2D eigenvalue weighted by Gasteiger charge is -2.39. The van der Waals surface area contributed by atoms with Crippen LogP contribution in [0, 0.1) is 0 Å². The molecule has 0 saturated carbocycles. The molecule has 0 spiro atoms. The van der Waals surface area contributed by atoms with Crippen molar-refractivity contribution < 1.29 is 27.5 Å². The summed E-state index contributed by atoms with van der Waals surface area (Å²) in [6, 6.07) is 3.16. The second-order valence-electron chi connectivity index (χ2n) is 5.62. The number of amides is 2. The highest BCUT2D eigenvalue weighted by Crippen LogP contribution is 2.32. The number of thiazole rings is 1. The predicted molar refractivity (Wildman–Crippen MR) is 88.7 cm³/mol. The number of alkyl halides is 3. The number of carbonyl (C=O) groups excluding carboxylic acids is 2. The van der Waals surface area contributed by atoms with Gasteiger partial charge in [-0.3, -0.25) is 9.59 Å². The van der Waals surface area contributed by atoms with Gasteiger partial charge in [-0.1, -0.05) is 11.3 Å². The number of carbonyl (C=O) groups is 2. The number of hydrogen-bond acceptors (Lipinski definition) is 6. The molecule has 11 heteroatoms. The van der Waals surface area contributed by atoms with E-state index in [1.807, 2.05) is 0 Å². The smallest absolute Gasteiger partial charge is 0.406 e. The third kappa shape index (κ3) is 4.05. The van der Waals surface area contributed by atoms with Gasteiger partial charge >= 0.3 is 6.36 Å². The highest BCUT2D eigenvalue weighted by Gasteiger charge is 2.37. The maximum Gasteiger partial charge on any atom is 0.573 e. The van der Waals surface area contributed by atoms with Gasteiger partial charge in [0.1, 0.15) is 11.8 Å². The van der Waals surface area contributed by atoms with Crippen molar-refractivity contribution in [3.8, 4) is 5.75 Å². The first-order chi connectivity index (χ1) is 12.3. The zero-order chi connectivity index (χ0) is 18.9. The summed E-state index contributed by atoms with van der Waals surface area (Å²) in [4.78, 5) is 29.7. The van der Waals surface area contributed by atoms with Crippen molar-refractivity contribution in [1.29, 1.82) is 0 Å². The summed E-state index contributed by atoms with van der Waals surface area (Å²) in [5.41, 5.74) is 5.78. The lowest BCUT2D eigenvalue weighted by atomic mass is 10.0. The Morgan fingerprint density at radius 3 is 2.81 bits per heavy atom. The number of benzene rings is 1. The molecule has 1 unspecified atom stereocenters. The van der Waals surface area contributed by atoms with Gasteiger partial charge in [0, 0.05) is 25.6 Å². The molecular weight excluding hydrogens is 373 g/mol. The van der Waals surface area contributed by atoms with Crippen molar-refractivity contribution in [2.45, 2.75) is 25.2 Å². The van der Waals surface area contributed by atoms with E-state index in [4.69, 9.17) is 5.73 Å². The van der Waals surface area contributed by atoms with Crippen LogP contribution in [-0.4, -0.2) is 47.2 Å². The average Bonchev–Trinajstić information content (AvgIpc) is 2.85. The van der Waals surface area contributed by atoms with E-state index in [1.165, 1.54) is 17.0 Å². The van der Waals surface area contributed by atoms with Crippen LogP contribution in [0.2, 0.25) is 0 Å². The van der Waals surface area contributed by atoms with Gasteiger partial charge in [-0.15, -0.1) is 13.2 Å². The summed E-state index contributed by atoms with van der Waals surface area (Å²) in [5, 5.41) is 2.85. The van der Waals surface area contributed by atoms with Crippen molar-refractivity contribution in [3.05, 3.63) is 18.2 Å². The van der Waals surface area contributed by atoms with Gasteiger partial charge < -0.3 is 20.7 Å². The van der Waals surface area contributed by atoms with Crippen LogP contribution in [-0.2, 0) is 9.59 Å². The van der Waals surface area contributed by atoms with Crippen LogP contribution in [0.25, 0.3) is 10.2 Å². The lowest BCUT2D eigenvalue weighted by molar-refractivity contribution is -0.274. The number of ether oxygens (including phenoxy) is 1. The number of aromatic nitrogens is 1. The van der Waals surface area contributed by atoms with Gasteiger partial charge in [0.05, 0.1) is 10.2 Å². The van der Waals surface area contributed by atoms with Crippen molar-refractivity contribution in [2.24, 2.45) is 5.73 Å². The fourth-order valence-electron chi connectivity index (χ4n) is 2.57. The molecule has 1 aromatic carbocycles. The molecule has 2 heterocycles. The zero-order valence-electron chi connectivity index (χ0n) is 13.4. The predicted octanol–water partition coefficient (Wildman–Crippen LogP) is 2.08. The molecule has 1 aliphatic rings. The lowest BCUT2D eigenvalue weighted by Crippen LogP contribution is -2.57. The Hall–Kier alpha value is -2.40. The molecule has 2 amide bonds. The molecule has 1 fully saturated rings. The Bertz CT molecular complexity index is 839. The average molecular weight is 388 g/mol. The SMILES string of the molecule is NCCC(=O)N1CCC1C(=O)Nc1nc2ccc(OC(F)(F)F)cc2s1. The molecule has 1 aromatic heterocycles. The second kappa shape index (κ2) is 7.08. The van der Waals surface area contributed by atoms with E-state index in [1.54, 1.807) is 0 Å². The molecule has 7 nitrogen and oxygen atoms in total. The zero-order valence-corrected chi connectivity index (χ0v) is 14.2. The number of hydrogen-bond donors (Lipinski definition) is 2. The first-order valence-corrected chi connectivity index (χ1v) is 8.55. The van der Waals surface area contributed by atoms with Crippen LogP contribution in [0.5, 0.6) is 5.75 Å². The minimum absolute atomic E-state index is 0.174. The minimum Gasteiger partial charge on any atom is -0.406 e. The Labute approximate surface area is 149 Å². The molecule has 1 atom stereocenters. The third-order valence-corrected chi connectivity index (χ3v) is 4.76. The van der Waals surface area contributed by atoms with Crippen molar-refractivity contribution >= 4 is 38.5 Å². The van der Waals surface area contributed by atoms with E-state index in [2.05, 4.69) is 15.0 Å². The van der Waals surface area contributed by atoms with Crippen LogP contribution in [0.4, 0.5) is 18.3 Å². The van der Waals surface area contributed by atoms with Crippen LogP contribution >= 0.6 is 11.3 Å². The molecule has 3 N–H and O–H groups in total. The molecule has 140 valence electrons. The number of anilines is 1. The molecule has 0 aliphatic carbocycles. The molecule has 2 aromatic rings. The number of halogens is 3. The first kappa shape index (κ1) is 18.4. The topological polar surface area (TPSA) is 97.6 Å². The van der Waals surface area contributed by atoms with Crippen LogP contribution in [0.1, 0.15) is 12.8 Å². The number of nitrogens with zero attached hydrogens (tertiary/aromatic N) is 2. The van der Waals surface area contributed by atoms with Gasteiger partial charge in [-0.05, 0) is 18.6 Å². The van der Waals surface area contributed by atoms with Crippen LogP contribution in [0.3, 0.4) is 0 Å². The van der Waals surface area contributed by atoms with Crippen molar-refractivity contribution in [3.63, 3.8) is 0 Å². The summed E-state index contributed by atoms with van der Waals surface area (Å²) in [7, 11) is 0. The largest absolute Gasteiger partial charge is 0.573 e. The van der Waals surface area contributed by atoms with Gasteiger partial charge in [-0.2, -0.15) is 0 Å². The van der Waals surface area contributed by atoms with E-state index in [-0.39, 0.29) is 35.7 Å². The van der Waals surface area contributed by atoms with E-state index in [0.29, 0.717) is 23.2 Å². The van der Waals surface area contributed by atoms with E-state index >= 15 is 0 Å². The Balaban J connectivity index is 1.69.